The number of carbonyl (C=O) groups excluding carboxylic acids is 1. The summed E-state index contributed by atoms with van der Waals surface area (Å²) in [6.45, 7) is 1.94. The molecule has 0 spiro atoms. The Bertz CT molecular complexity index is 1130. The zero-order chi connectivity index (χ0) is 24.9. The third-order valence-electron chi connectivity index (χ3n) is 6.12. The number of nitrogens with two attached hydrogens (primary N) is 2. The molecular weight excluding hydrogens is 474 g/mol. The molecule has 11 heteroatoms. The SMILES string of the molecule is CC1CCCN1N(CC=O)S(=O)(=O)C1=C(CO)c2ccccc2C(CC=CCN=C(N)N)C1=S. The van der Waals surface area contributed by atoms with Crippen LogP contribution in [0, 0.1) is 0 Å². The molecule has 2 aliphatic rings. The van der Waals surface area contributed by atoms with E-state index in [0.717, 1.165) is 22.8 Å². The molecule has 2 atom stereocenters. The van der Waals surface area contributed by atoms with Crippen LogP contribution in [0.2, 0.25) is 0 Å². The van der Waals surface area contributed by atoms with Crippen LogP contribution in [0.3, 0.4) is 0 Å². The number of hydrogen-bond acceptors (Lipinski definition) is 7. The summed E-state index contributed by atoms with van der Waals surface area (Å²) in [4.78, 5) is 15.5. The predicted octanol–water partition coefficient (Wildman–Crippen LogP) is 1.31. The molecule has 1 aromatic rings. The van der Waals surface area contributed by atoms with Gasteiger partial charge in [-0.25, -0.2) is 18.4 Å². The van der Waals surface area contributed by atoms with Gasteiger partial charge in [0.15, 0.2) is 5.96 Å². The van der Waals surface area contributed by atoms with Gasteiger partial charge in [0.2, 0.25) is 0 Å². The first-order chi connectivity index (χ1) is 16.2. The lowest BCUT2D eigenvalue weighted by molar-refractivity contribution is -0.110. The fourth-order valence-corrected chi connectivity index (χ4v) is 7.08. The van der Waals surface area contributed by atoms with Gasteiger partial charge in [-0.3, -0.25) is 0 Å². The number of rotatable bonds is 10. The molecule has 9 nitrogen and oxygen atoms in total. The molecule has 34 heavy (non-hydrogen) atoms. The molecule has 3 rings (SSSR count). The van der Waals surface area contributed by atoms with E-state index in [1.165, 1.54) is 0 Å². The van der Waals surface area contributed by atoms with Gasteiger partial charge in [-0.15, -0.1) is 4.41 Å². The highest BCUT2D eigenvalue weighted by molar-refractivity contribution is 7.96. The number of hydrogen-bond donors (Lipinski definition) is 3. The van der Waals surface area contributed by atoms with E-state index in [9.17, 15) is 18.3 Å². The quantitative estimate of drug-likeness (QED) is 0.142. The van der Waals surface area contributed by atoms with E-state index >= 15 is 0 Å². The van der Waals surface area contributed by atoms with Crippen LogP contribution in [-0.2, 0) is 14.8 Å². The number of nitrogens with zero attached hydrogens (tertiary/aromatic N) is 3. The van der Waals surface area contributed by atoms with Crippen molar-refractivity contribution in [3.05, 3.63) is 52.4 Å². The molecular formula is C23H31N5O4S2. The molecule has 1 heterocycles. The van der Waals surface area contributed by atoms with E-state index in [4.69, 9.17) is 23.7 Å². The van der Waals surface area contributed by atoms with Crippen molar-refractivity contribution in [2.45, 2.75) is 38.1 Å². The Labute approximate surface area is 205 Å². The van der Waals surface area contributed by atoms with Crippen LogP contribution in [0.5, 0.6) is 0 Å². The molecule has 0 radical (unpaired) electrons. The number of benzene rings is 1. The van der Waals surface area contributed by atoms with Crippen molar-refractivity contribution in [2.24, 2.45) is 16.5 Å². The van der Waals surface area contributed by atoms with E-state index in [2.05, 4.69) is 4.99 Å². The Morgan fingerprint density at radius 2 is 2.06 bits per heavy atom. The molecule has 0 amide bonds. The molecule has 1 aliphatic heterocycles. The van der Waals surface area contributed by atoms with Crippen molar-refractivity contribution in [2.75, 3.05) is 26.2 Å². The number of carbonyl (C=O) groups is 1. The summed E-state index contributed by atoms with van der Waals surface area (Å²) in [5, 5.41) is 12.0. The van der Waals surface area contributed by atoms with Crippen molar-refractivity contribution < 1.29 is 18.3 Å². The van der Waals surface area contributed by atoms with E-state index in [-0.39, 0.29) is 33.9 Å². The third kappa shape index (κ3) is 5.28. The first kappa shape index (κ1) is 26.2. The highest BCUT2D eigenvalue weighted by atomic mass is 32.2. The summed E-state index contributed by atoms with van der Waals surface area (Å²) in [6, 6.07) is 7.30. The van der Waals surface area contributed by atoms with E-state index in [1.807, 2.05) is 25.1 Å². The molecule has 1 aliphatic carbocycles. The highest BCUT2D eigenvalue weighted by Crippen LogP contribution is 2.42. The molecule has 184 valence electrons. The number of guanidine groups is 1. The van der Waals surface area contributed by atoms with Crippen LogP contribution in [0.15, 0.2) is 46.3 Å². The number of aliphatic hydroxyl groups is 1. The monoisotopic (exact) mass is 505 g/mol. The Balaban J connectivity index is 2.08. The molecule has 2 unspecified atom stereocenters. The number of hydrazine groups is 1. The first-order valence-electron chi connectivity index (χ1n) is 11.1. The second kappa shape index (κ2) is 11.3. The van der Waals surface area contributed by atoms with E-state index in [0.29, 0.717) is 31.4 Å². The average molecular weight is 506 g/mol. The lowest BCUT2D eigenvalue weighted by Crippen LogP contribution is -2.50. The summed E-state index contributed by atoms with van der Waals surface area (Å²) in [7, 11) is -4.21. The van der Waals surface area contributed by atoms with Gasteiger partial charge < -0.3 is 21.4 Å². The van der Waals surface area contributed by atoms with Crippen molar-refractivity contribution in [1.29, 1.82) is 0 Å². The van der Waals surface area contributed by atoms with Crippen LogP contribution in [0.25, 0.3) is 5.57 Å². The van der Waals surface area contributed by atoms with Gasteiger partial charge in [-0.2, -0.15) is 0 Å². The molecule has 1 fully saturated rings. The highest BCUT2D eigenvalue weighted by Gasteiger charge is 2.43. The Morgan fingerprint density at radius 3 is 2.68 bits per heavy atom. The smallest absolute Gasteiger partial charge is 0.257 e. The average Bonchev–Trinajstić information content (AvgIpc) is 3.22. The van der Waals surface area contributed by atoms with Gasteiger partial charge in [0.05, 0.1) is 19.7 Å². The van der Waals surface area contributed by atoms with Gasteiger partial charge in [0, 0.05) is 28.9 Å². The number of allylic oxidation sites excluding steroid dienone is 2. The Hall–Kier alpha value is -2.44. The minimum atomic E-state index is -4.21. The number of fused-ring (bicyclic) bond motifs is 1. The number of aliphatic imine (C=N–C) groups is 1. The van der Waals surface area contributed by atoms with Crippen LogP contribution in [-0.4, -0.2) is 72.3 Å². The zero-order valence-electron chi connectivity index (χ0n) is 19.1. The summed E-state index contributed by atoms with van der Waals surface area (Å²) in [6.07, 6.45) is 6.31. The van der Waals surface area contributed by atoms with Crippen LogP contribution < -0.4 is 11.5 Å². The second-order valence-corrected chi connectivity index (χ2v) is 10.5. The molecule has 1 aromatic carbocycles. The van der Waals surface area contributed by atoms with Gasteiger partial charge in [-0.1, -0.05) is 48.6 Å². The van der Waals surface area contributed by atoms with Crippen molar-refractivity contribution in [1.82, 2.24) is 9.42 Å². The van der Waals surface area contributed by atoms with Gasteiger partial charge in [0.1, 0.15) is 11.2 Å². The second-order valence-electron chi connectivity index (χ2n) is 8.27. The van der Waals surface area contributed by atoms with Crippen LogP contribution in [0.1, 0.15) is 43.2 Å². The lowest BCUT2D eigenvalue weighted by Gasteiger charge is -2.36. The third-order valence-corrected chi connectivity index (χ3v) is 8.64. The normalized spacial score (nSPS) is 21.3. The Morgan fingerprint density at radius 1 is 1.32 bits per heavy atom. The van der Waals surface area contributed by atoms with Crippen LogP contribution in [0.4, 0.5) is 0 Å². The molecule has 0 bridgehead atoms. The maximum Gasteiger partial charge on any atom is 0.257 e. The van der Waals surface area contributed by atoms with Crippen molar-refractivity contribution in [3.8, 4) is 0 Å². The van der Waals surface area contributed by atoms with Gasteiger partial charge in [-0.05, 0) is 37.3 Å². The molecule has 1 saturated heterocycles. The molecule has 0 aromatic heterocycles. The number of thiocarbonyl (C=S) groups is 1. The largest absolute Gasteiger partial charge is 0.392 e. The topological polar surface area (TPSA) is 142 Å². The number of aldehydes is 1. The lowest BCUT2D eigenvalue weighted by atomic mass is 9.81. The van der Waals surface area contributed by atoms with E-state index in [1.54, 1.807) is 23.2 Å². The minimum absolute atomic E-state index is 0.0153. The predicted molar refractivity (Wildman–Crippen MR) is 137 cm³/mol. The summed E-state index contributed by atoms with van der Waals surface area (Å²) in [5.41, 5.74) is 12.5. The zero-order valence-corrected chi connectivity index (χ0v) is 20.8. The summed E-state index contributed by atoms with van der Waals surface area (Å²) >= 11 is 5.76. The first-order valence-corrected chi connectivity index (χ1v) is 13.0. The molecule has 5 N–H and O–H groups in total. The van der Waals surface area contributed by atoms with Gasteiger partial charge >= 0.3 is 0 Å². The summed E-state index contributed by atoms with van der Waals surface area (Å²) < 4.78 is 29.1. The van der Waals surface area contributed by atoms with Crippen molar-refractivity contribution >= 4 is 44.9 Å². The fraction of sp³-hybridized carbons (Fsp3) is 0.435. The standard InChI is InChI=1S/C23H31N5O4S2/c1-16-7-6-12-27(16)28(13-14-29)34(31,32)22-20(15-30)18-9-3-2-8-17(18)19(21(22)33)10-4-5-11-26-23(24)25/h2-5,8-9,14,16,19,30H,6-7,10-13,15H2,1H3,(H4,24,25,26). The summed E-state index contributed by atoms with van der Waals surface area (Å²) in [5.74, 6) is -0.422. The molecule has 0 saturated carbocycles. The minimum Gasteiger partial charge on any atom is -0.392 e. The van der Waals surface area contributed by atoms with E-state index < -0.39 is 22.5 Å². The maximum absolute atomic E-state index is 14.0. The van der Waals surface area contributed by atoms with Crippen molar-refractivity contribution in [3.63, 3.8) is 0 Å². The number of aliphatic hydroxyl groups excluding tert-OH is 1. The number of sulfonamides is 1. The fourth-order valence-electron chi connectivity index (χ4n) is 4.54. The Kier molecular flexibility index (Phi) is 8.72. The van der Waals surface area contributed by atoms with Crippen LogP contribution >= 0.6 is 12.2 Å². The maximum atomic E-state index is 14.0. The van der Waals surface area contributed by atoms with Gasteiger partial charge in [0.25, 0.3) is 10.0 Å².